The molecule has 6 atom stereocenters. The molecule has 11 heteroatoms. The minimum atomic E-state index is -1.73. The average Bonchev–Trinajstić information content (AvgIpc) is 2.81. The number of carbonyl (C=O) groups excluding carboxylic acids is 2. The van der Waals surface area contributed by atoms with Gasteiger partial charge >= 0.3 is 0 Å². The summed E-state index contributed by atoms with van der Waals surface area (Å²) in [6.07, 6.45) is -2.71. The number of aliphatic hydroxyl groups is 3. The molecule has 0 saturated carbocycles. The molecular weight excluding hydrogens is 382 g/mol. The minimum Gasteiger partial charge on any atom is -0.387 e. The van der Waals surface area contributed by atoms with E-state index in [1.165, 1.54) is 13.2 Å². The average molecular weight is 413 g/mol. The van der Waals surface area contributed by atoms with Gasteiger partial charge in [0.05, 0.1) is 6.04 Å². The highest BCUT2D eigenvalue weighted by Gasteiger charge is 2.37. The van der Waals surface area contributed by atoms with Gasteiger partial charge in [-0.15, -0.1) is 0 Å². The zero-order valence-electron chi connectivity index (χ0n) is 17.1. The summed E-state index contributed by atoms with van der Waals surface area (Å²) in [5.41, 5.74) is 8.27. The number of nitrogens with zero attached hydrogens (tertiary/aromatic N) is 3. The number of hydrogen-bond acceptors (Lipinski definition) is 7. The summed E-state index contributed by atoms with van der Waals surface area (Å²) in [7, 11) is 1.17. The third kappa shape index (κ3) is 8.00. The highest BCUT2D eigenvalue weighted by Crippen LogP contribution is 2.17. The van der Waals surface area contributed by atoms with Crippen LogP contribution in [-0.4, -0.2) is 77.3 Å². The van der Waals surface area contributed by atoms with Crippen LogP contribution < -0.4 is 10.6 Å². The van der Waals surface area contributed by atoms with Gasteiger partial charge < -0.3 is 30.7 Å². The maximum absolute atomic E-state index is 12.5. The Bertz CT molecular complexity index is 643. The summed E-state index contributed by atoms with van der Waals surface area (Å²) >= 11 is 0. The Labute approximate surface area is 169 Å². The largest absolute Gasteiger partial charge is 0.387 e. The predicted molar refractivity (Wildman–Crippen MR) is 105 cm³/mol. The number of carbonyl (C=O) groups is 2. The van der Waals surface area contributed by atoms with Crippen LogP contribution >= 0.6 is 0 Å². The highest BCUT2D eigenvalue weighted by atomic mass is 16.5. The van der Waals surface area contributed by atoms with Crippen molar-refractivity contribution in [2.24, 2.45) is 10.5 Å². The predicted octanol–water partition coefficient (Wildman–Crippen LogP) is -0.240. The van der Waals surface area contributed by atoms with E-state index >= 15 is 0 Å². The SMILES string of the molecule is CO[C@@H](C(=O)N[C@H]1CC[C@H](N=[N+]=[N-])CNC1=O)[C@H](O)[C@@H](O)[C@H](O)C=CC(C)(C)C. The lowest BCUT2D eigenvalue weighted by molar-refractivity contribution is -0.150. The van der Waals surface area contributed by atoms with Crippen LogP contribution in [0.1, 0.15) is 33.6 Å². The van der Waals surface area contributed by atoms with Gasteiger partial charge in [-0.3, -0.25) is 9.59 Å². The first-order valence-corrected chi connectivity index (χ1v) is 9.38. The molecule has 164 valence electrons. The third-order valence-corrected chi connectivity index (χ3v) is 4.46. The van der Waals surface area contributed by atoms with Crippen molar-refractivity contribution in [2.75, 3.05) is 13.7 Å². The van der Waals surface area contributed by atoms with Gasteiger partial charge in [-0.05, 0) is 23.8 Å². The first kappa shape index (κ1) is 24.9. The van der Waals surface area contributed by atoms with Crippen LogP contribution in [0.25, 0.3) is 10.4 Å². The Kier molecular flexibility index (Phi) is 9.54. The van der Waals surface area contributed by atoms with Gasteiger partial charge in [-0.2, -0.15) is 0 Å². The van der Waals surface area contributed by atoms with Gasteiger partial charge in [0, 0.05) is 18.6 Å². The zero-order valence-corrected chi connectivity index (χ0v) is 17.1. The van der Waals surface area contributed by atoms with Crippen molar-refractivity contribution < 1.29 is 29.6 Å². The van der Waals surface area contributed by atoms with Crippen molar-refractivity contribution >= 4 is 11.8 Å². The summed E-state index contributed by atoms with van der Waals surface area (Å²) in [6.45, 7) is 5.86. The number of methoxy groups -OCH3 is 1. The van der Waals surface area contributed by atoms with Crippen molar-refractivity contribution in [1.29, 1.82) is 0 Å². The third-order valence-electron chi connectivity index (χ3n) is 4.46. The first-order chi connectivity index (χ1) is 13.5. The van der Waals surface area contributed by atoms with E-state index in [-0.39, 0.29) is 18.4 Å². The second kappa shape index (κ2) is 11.1. The number of rotatable bonds is 8. The van der Waals surface area contributed by atoms with Gasteiger partial charge in [-0.1, -0.05) is 38.0 Å². The number of ether oxygens (including phenoxy) is 1. The molecule has 0 radical (unpaired) electrons. The van der Waals surface area contributed by atoms with E-state index in [1.54, 1.807) is 6.08 Å². The van der Waals surface area contributed by atoms with E-state index in [2.05, 4.69) is 20.7 Å². The molecule has 0 aliphatic carbocycles. The second-order valence-corrected chi connectivity index (χ2v) is 8.10. The molecule has 5 N–H and O–H groups in total. The van der Waals surface area contributed by atoms with Crippen LogP contribution in [0, 0.1) is 5.41 Å². The molecule has 1 rings (SSSR count). The van der Waals surface area contributed by atoms with Gasteiger partial charge in [0.25, 0.3) is 5.91 Å². The molecular formula is C18H31N5O6. The van der Waals surface area contributed by atoms with Gasteiger partial charge in [0.1, 0.15) is 24.4 Å². The number of amides is 2. The molecule has 1 aliphatic rings. The number of hydrogen-bond donors (Lipinski definition) is 5. The Morgan fingerprint density at radius 2 is 2.00 bits per heavy atom. The normalized spacial score (nSPS) is 24.6. The summed E-state index contributed by atoms with van der Waals surface area (Å²) in [4.78, 5) is 27.4. The maximum Gasteiger partial charge on any atom is 0.252 e. The van der Waals surface area contributed by atoms with E-state index in [4.69, 9.17) is 10.3 Å². The summed E-state index contributed by atoms with van der Waals surface area (Å²) in [5.74, 6) is -1.26. The van der Waals surface area contributed by atoms with E-state index in [0.29, 0.717) is 6.42 Å². The lowest BCUT2D eigenvalue weighted by atomic mass is 9.94. The van der Waals surface area contributed by atoms with Crippen LogP contribution in [0.4, 0.5) is 0 Å². The molecule has 11 nitrogen and oxygen atoms in total. The molecule has 0 unspecified atom stereocenters. The number of nitrogens with one attached hydrogen (secondary N) is 2. The van der Waals surface area contributed by atoms with Crippen LogP contribution in [0.3, 0.4) is 0 Å². The highest BCUT2D eigenvalue weighted by molar-refractivity contribution is 5.89. The Balaban J connectivity index is 2.78. The monoisotopic (exact) mass is 413 g/mol. The molecule has 0 aromatic rings. The fraction of sp³-hybridized carbons (Fsp3) is 0.778. The molecule has 0 spiro atoms. The number of allylic oxidation sites excluding steroid dienone is 1. The second-order valence-electron chi connectivity index (χ2n) is 8.10. The Hall–Kier alpha value is -2.17. The lowest BCUT2D eigenvalue weighted by Gasteiger charge is -2.28. The summed E-state index contributed by atoms with van der Waals surface area (Å²) in [6, 6.07) is -1.32. The number of azide groups is 1. The Morgan fingerprint density at radius 3 is 2.55 bits per heavy atom. The zero-order chi connectivity index (χ0) is 22.2. The summed E-state index contributed by atoms with van der Waals surface area (Å²) in [5, 5.41) is 39.2. The topological polar surface area (TPSA) is 177 Å². The van der Waals surface area contributed by atoms with Crippen molar-refractivity contribution in [3.8, 4) is 0 Å². The molecule has 29 heavy (non-hydrogen) atoms. The minimum absolute atomic E-state index is 0.163. The first-order valence-electron chi connectivity index (χ1n) is 9.38. The molecule has 2 amide bonds. The van der Waals surface area contributed by atoms with Crippen molar-refractivity contribution in [1.82, 2.24) is 10.6 Å². The van der Waals surface area contributed by atoms with E-state index in [1.807, 2.05) is 20.8 Å². The maximum atomic E-state index is 12.5. The van der Waals surface area contributed by atoms with Crippen molar-refractivity contribution in [2.45, 2.75) is 70.1 Å². The molecule has 0 aromatic carbocycles. The van der Waals surface area contributed by atoms with E-state index in [9.17, 15) is 24.9 Å². The smallest absolute Gasteiger partial charge is 0.252 e. The van der Waals surface area contributed by atoms with Crippen molar-refractivity contribution in [3.05, 3.63) is 22.6 Å². The van der Waals surface area contributed by atoms with Gasteiger partial charge in [0.2, 0.25) is 5.91 Å². The van der Waals surface area contributed by atoms with Gasteiger partial charge in [0.15, 0.2) is 6.10 Å². The van der Waals surface area contributed by atoms with E-state index in [0.717, 1.165) is 0 Å². The molecule has 0 aromatic heterocycles. The van der Waals surface area contributed by atoms with Crippen LogP contribution in [-0.2, 0) is 14.3 Å². The lowest BCUT2D eigenvalue weighted by Crippen LogP contribution is -2.55. The molecule has 1 saturated heterocycles. The molecule has 1 heterocycles. The molecule has 1 aliphatic heterocycles. The Morgan fingerprint density at radius 1 is 1.34 bits per heavy atom. The fourth-order valence-corrected chi connectivity index (χ4v) is 2.78. The molecule has 0 bridgehead atoms. The number of aliphatic hydroxyl groups excluding tert-OH is 3. The van der Waals surface area contributed by atoms with E-state index < -0.39 is 48.3 Å². The fourth-order valence-electron chi connectivity index (χ4n) is 2.78. The standard InChI is InChI=1S/C18H31N5O6/c1-18(2,3)8-7-12(24)13(25)14(26)15(29-4)17(28)21-11-6-5-10(22-23-19)9-20-16(11)27/h7-8,10-15,24-26H,5-6,9H2,1-4H3,(H,20,27)(H,21,28)/t10-,11-,12+,13-,14+,15+/m0/s1. The van der Waals surface area contributed by atoms with Crippen molar-refractivity contribution in [3.63, 3.8) is 0 Å². The summed E-state index contributed by atoms with van der Waals surface area (Å²) < 4.78 is 5.00. The quantitative estimate of drug-likeness (QED) is 0.159. The van der Waals surface area contributed by atoms with Crippen LogP contribution in [0.2, 0.25) is 0 Å². The van der Waals surface area contributed by atoms with Crippen LogP contribution in [0.15, 0.2) is 17.3 Å². The molecule has 1 fully saturated rings. The van der Waals surface area contributed by atoms with Crippen LogP contribution in [0.5, 0.6) is 0 Å². The van der Waals surface area contributed by atoms with Gasteiger partial charge in [-0.25, -0.2) is 0 Å².